The number of esters is 1. The maximum Gasteiger partial charge on any atom is 0.312 e. The number of anilines is 1. The highest BCUT2D eigenvalue weighted by Gasteiger charge is 2.34. The first kappa shape index (κ1) is 20.5. The number of piperazine rings is 1. The lowest BCUT2D eigenvalue weighted by molar-refractivity contribution is -0.156. The van der Waals surface area contributed by atoms with Crippen molar-refractivity contribution in [3.63, 3.8) is 0 Å². The molecule has 152 valence electrons. The third-order valence-corrected chi connectivity index (χ3v) is 5.49. The zero-order chi connectivity index (χ0) is 20.1. The minimum atomic E-state index is -0.523. The van der Waals surface area contributed by atoms with Crippen molar-refractivity contribution < 1.29 is 19.1 Å². The van der Waals surface area contributed by atoms with E-state index in [1.54, 1.807) is 11.8 Å². The number of amides is 2. The molecule has 2 aliphatic rings. The van der Waals surface area contributed by atoms with Crippen molar-refractivity contribution in [1.82, 2.24) is 9.80 Å². The summed E-state index contributed by atoms with van der Waals surface area (Å²) in [5.74, 6) is -1.65. The maximum atomic E-state index is 12.7. The highest BCUT2D eigenvalue weighted by Crippen LogP contribution is 2.22. The number of hydrogen-bond acceptors (Lipinski definition) is 5. The van der Waals surface area contributed by atoms with Gasteiger partial charge in [0.05, 0.1) is 12.5 Å². The summed E-state index contributed by atoms with van der Waals surface area (Å²) in [5, 5.41) is 0.674. The number of halogens is 1. The molecule has 1 atom stereocenters. The molecule has 3 rings (SSSR count). The molecule has 0 bridgehead atoms. The van der Waals surface area contributed by atoms with Gasteiger partial charge in [-0.25, -0.2) is 0 Å². The second kappa shape index (κ2) is 9.28. The van der Waals surface area contributed by atoms with Gasteiger partial charge in [-0.2, -0.15) is 0 Å². The van der Waals surface area contributed by atoms with Crippen molar-refractivity contribution in [2.45, 2.75) is 19.8 Å². The number of carbonyl (C=O) groups is 3. The summed E-state index contributed by atoms with van der Waals surface area (Å²) >= 11 is 6.05. The Hall–Kier alpha value is -2.28. The molecule has 1 aromatic rings. The summed E-state index contributed by atoms with van der Waals surface area (Å²) in [5.41, 5.74) is 1.01. The van der Waals surface area contributed by atoms with E-state index in [9.17, 15) is 14.4 Å². The molecule has 1 unspecified atom stereocenters. The Labute approximate surface area is 170 Å². The number of likely N-dealkylation sites (tertiary alicyclic amines) is 1. The number of benzene rings is 1. The zero-order valence-corrected chi connectivity index (χ0v) is 16.9. The SMILES string of the molecule is CCOC(=O)C1CCCN(C(=O)C(=O)N2CCN(c3cccc(Cl)c3)CC2)C1. The van der Waals surface area contributed by atoms with Crippen LogP contribution in [0.15, 0.2) is 24.3 Å². The van der Waals surface area contributed by atoms with E-state index in [0.717, 1.165) is 5.69 Å². The summed E-state index contributed by atoms with van der Waals surface area (Å²) < 4.78 is 5.06. The van der Waals surface area contributed by atoms with Crippen LogP contribution in [0, 0.1) is 5.92 Å². The molecule has 1 aromatic carbocycles. The third kappa shape index (κ3) is 4.76. The number of nitrogens with zero attached hydrogens (tertiary/aromatic N) is 3. The van der Waals surface area contributed by atoms with Crippen molar-refractivity contribution in [1.29, 1.82) is 0 Å². The molecular formula is C20H26ClN3O4. The number of hydrogen-bond donors (Lipinski definition) is 0. The molecule has 2 amide bonds. The standard InChI is InChI=1S/C20H26ClN3O4/c1-2-28-20(27)15-5-4-8-24(14-15)19(26)18(25)23-11-9-22(10-12-23)17-7-3-6-16(21)13-17/h3,6-7,13,15H,2,4-5,8-12,14H2,1H3. The molecule has 8 heteroatoms. The van der Waals surface area contributed by atoms with Gasteiger partial charge in [-0.3, -0.25) is 14.4 Å². The number of rotatable bonds is 3. The molecule has 0 aromatic heterocycles. The van der Waals surface area contributed by atoms with Gasteiger partial charge < -0.3 is 19.4 Å². The summed E-state index contributed by atoms with van der Waals surface area (Å²) in [6.07, 6.45) is 1.39. The van der Waals surface area contributed by atoms with Gasteiger partial charge in [0.2, 0.25) is 0 Å². The average Bonchev–Trinajstić information content (AvgIpc) is 2.73. The second-order valence-electron chi connectivity index (χ2n) is 7.10. The van der Waals surface area contributed by atoms with Crippen molar-refractivity contribution in [2.24, 2.45) is 5.92 Å². The first-order chi connectivity index (χ1) is 13.5. The first-order valence-corrected chi connectivity index (χ1v) is 10.1. The van der Waals surface area contributed by atoms with Crippen LogP contribution in [0.5, 0.6) is 0 Å². The van der Waals surface area contributed by atoms with E-state index in [1.807, 2.05) is 24.3 Å². The fraction of sp³-hybridized carbons (Fsp3) is 0.550. The Kier molecular flexibility index (Phi) is 6.78. The van der Waals surface area contributed by atoms with Crippen LogP contribution in [-0.4, -0.2) is 73.5 Å². The molecule has 2 fully saturated rings. The Morgan fingerprint density at radius 3 is 2.46 bits per heavy atom. The van der Waals surface area contributed by atoms with Gasteiger partial charge in [-0.15, -0.1) is 0 Å². The van der Waals surface area contributed by atoms with Crippen molar-refractivity contribution in [3.05, 3.63) is 29.3 Å². The van der Waals surface area contributed by atoms with Crippen molar-refractivity contribution >= 4 is 35.1 Å². The molecule has 7 nitrogen and oxygen atoms in total. The fourth-order valence-corrected chi connectivity index (χ4v) is 3.91. The van der Waals surface area contributed by atoms with Gasteiger partial charge in [-0.1, -0.05) is 17.7 Å². The Morgan fingerprint density at radius 1 is 1.07 bits per heavy atom. The summed E-state index contributed by atoms with van der Waals surface area (Å²) in [4.78, 5) is 42.6. The van der Waals surface area contributed by atoms with Crippen LogP contribution in [0.1, 0.15) is 19.8 Å². The third-order valence-electron chi connectivity index (χ3n) is 5.25. The van der Waals surface area contributed by atoms with Gasteiger partial charge in [0, 0.05) is 50.0 Å². The summed E-state index contributed by atoms with van der Waals surface area (Å²) in [7, 11) is 0. The minimum absolute atomic E-state index is 0.256. The van der Waals surface area contributed by atoms with Crippen LogP contribution in [0.3, 0.4) is 0 Å². The van der Waals surface area contributed by atoms with E-state index >= 15 is 0 Å². The Bertz CT molecular complexity index is 734. The zero-order valence-electron chi connectivity index (χ0n) is 16.1. The highest BCUT2D eigenvalue weighted by molar-refractivity contribution is 6.35. The molecule has 0 N–H and O–H groups in total. The molecule has 2 heterocycles. The van der Waals surface area contributed by atoms with Gasteiger partial charge >= 0.3 is 17.8 Å². The number of carbonyl (C=O) groups excluding carboxylic acids is 3. The van der Waals surface area contributed by atoms with Gasteiger partial charge in [0.25, 0.3) is 0 Å². The topological polar surface area (TPSA) is 70.2 Å². The van der Waals surface area contributed by atoms with Crippen LogP contribution in [-0.2, 0) is 19.1 Å². The molecule has 0 saturated carbocycles. The van der Waals surface area contributed by atoms with E-state index in [-0.39, 0.29) is 18.4 Å². The van der Waals surface area contributed by atoms with Gasteiger partial charge in [0.1, 0.15) is 0 Å². The predicted octanol–water partition coefficient (Wildman–Crippen LogP) is 1.79. The van der Waals surface area contributed by atoms with Crippen molar-refractivity contribution in [2.75, 3.05) is 50.8 Å². The van der Waals surface area contributed by atoms with Crippen LogP contribution < -0.4 is 4.90 Å². The summed E-state index contributed by atoms with van der Waals surface area (Å²) in [6, 6.07) is 7.60. The first-order valence-electron chi connectivity index (χ1n) is 9.75. The maximum absolute atomic E-state index is 12.7. The Morgan fingerprint density at radius 2 is 1.79 bits per heavy atom. The normalized spacial score (nSPS) is 20.1. The largest absolute Gasteiger partial charge is 0.466 e. The number of ether oxygens (including phenoxy) is 1. The molecule has 0 spiro atoms. The van der Waals surface area contributed by atoms with E-state index in [2.05, 4.69) is 4.90 Å². The van der Waals surface area contributed by atoms with E-state index in [1.165, 1.54) is 4.90 Å². The lowest BCUT2D eigenvalue weighted by Gasteiger charge is -2.37. The molecule has 28 heavy (non-hydrogen) atoms. The molecular weight excluding hydrogens is 382 g/mol. The van der Waals surface area contributed by atoms with E-state index < -0.39 is 11.8 Å². The smallest absolute Gasteiger partial charge is 0.312 e. The highest BCUT2D eigenvalue weighted by atomic mass is 35.5. The van der Waals surface area contributed by atoms with Gasteiger partial charge in [-0.05, 0) is 38.0 Å². The summed E-state index contributed by atoms with van der Waals surface area (Å²) in [6.45, 7) is 5.08. The Balaban J connectivity index is 1.54. The molecule has 0 radical (unpaired) electrons. The fourth-order valence-electron chi connectivity index (χ4n) is 3.73. The van der Waals surface area contributed by atoms with Crippen molar-refractivity contribution in [3.8, 4) is 0 Å². The van der Waals surface area contributed by atoms with Crippen LogP contribution >= 0.6 is 11.6 Å². The molecule has 2 saturated heterocycles. The molecule has 2 aliphatic heterocycles. The predicted molar refractivity (Wildman–Crippen MR) is 106 cm³/mol. The second-order valence-corrected chi connectivity index (χ2v) is 7.54. The van der Waals surface area contributed by atoms with E-state index in [0.29, 0.717) is 57.2 Å². The van der Waals surface area contributed by atoms with Crippen LogP contribution in [0.4, 0.5) is 5.69 Å². The average molecular weight is 408 g/mol. The lowest BCUT2D eigenvalue weighted by Crippen LogP contribution is -2.55. The molecule has 0 aliphatic carbocycles. The monoisotopic (exact) mass is 407 g/mol. The van der Waals surface area contributed by atoms with Gasteiger partial charge in [0.15, 0.2) is 0 Å². The van der Waals surface area contributed by atoms with E-state index in [4.69, 9.17) is 16.3 Å². The number of piperidine rings is 1. The minimum Gasteiger partial charge on any atom is -0.466 e. The van der Waals surface area contributed by atoms with Crippen LogP contribution in [0.2, 0.25) is 5.02 Å². The quantitative estimate of drug-likeness (QED) is 0.564. The van der Waals surface area contributed by atoms with Crippen LogP contribution in [0.25, 0.3) is 0 Å². The lowest BCUT2D eigenvalue weighted by atomic mass is 9.98.